The maximum Gasteiger partial charge on any atom is 0.157 e. The van der Waals surface area contributed by atoms with Crippen LogP contribution in [0.3, 0.4) is 0 Å². The molecule has 0 radical (unpaired) electrons. The van der Waals surface area contributed by atoms with Gasteiger partial charge in [0.25, 0.3) is 0 Å². The highest BCUT2D eigenvalue weighted by atomic mass is 32.2. The average molecular weight is 287 g/mol. The zero-order chi connectivity index (χ0) is 14.4. The van der Waals surface area contributed by atoms with Crippen molar-refractivity contribution in [3.63, 3.8) is 0 Å². The first-order valence-corrected chi connectivity index (χ1v) is 7.26. The van der Waals surface area contributed by atoms with Gasteiger partial charge in [0, 0.05) is 22.9 Å². The second-order valence-electron chi connectivity index (χ2n) is 4.27. The minimum atomic E-state index is -0.101. The summed E-state index contributed by atoms with van der Waals surface area (Å²) in [5.74, 6) is 0.660. The van der Waals surface area contributed by atoms with Crippen LogP contribution in [-0.2, 0) is 6.54 Å². The first-order chi connectivity index (χ1) is 9.70. The van der Waals surface area contributed by atoms with Gasteiger partial charge in [-0.15, -0.1) is 18.3 Å². The van der Waals surface area contributed by atoms with Crippen LogP contribution in [0, 0.1) is 0 Å². The molecular formula is C16H17NO2S. The summed E-state index contributed by atoms with van der Waals surface area (Å²) in [6.07, 6.45) is 1.87. The molecule has 0 heterocycles. The number of para-hydroxylation sites is 1. The van der Waals surface area contributed by atoms with Crippen LogP contribution in [-0.4, -0.2) is 16.0 Å². The van der Waals surface area contributed by atoms with Gasteiger partial charge in [0.05, 0.1) is 0 Å². The van der Waals surface area contributed by atoms with E-state index >= 15 is 0 Å². The SMILES string of the molecule is C=CCSc1ccccc1NCc1ccc(O)c(O)c1. The van der Waals surface area contributed by atoms with E-state index in [9.17, 15) is 10.2 Å². The van der Waals surface area contributed by atoms with Gasteiger partial charge in [-0.1, -0.05) is 24.3 Å². The fourth-order valence-electron chi connectivity index (χ4n) is 1.76. The summed E-state index contributed by atoms with van der Waals surface area (Å²) in [6.45, 7) is 4.31. The van der Waals surface area contributed by atoms with Gasteiger partial charge in [-0.05, 0) is 29.8 Å². The molecule has 0 amide bonds. The molecule has 0 bridgehead atoms. The van der Waals surface area contributed by atoms with Crippen molar-refractivity contribution in [2.45, 2.75) is 11.4 Å². The number of rotatable bonds is 6. The number of aromatic hydroxyl groups is 2. The van der Waals surface area contributed by atoms with Gasteiger partial charge in [-0.3, -0.25) is 0 Å². The van der Waals surface area contributed by atoms with E-state index < -0.39 is 0 Å². The van der Waals surface area contributed by atoms with Gasteiger partial charge in [-0.2, -0.15) is 0 Å². The number of benzene rings is 2. The highest BCUT2D eigenvalue weighted by Gasteiger charge is 2.03. The molecule has 3 nitrogen and oxygen atoms in total. The van der Waals surface area contributed by atoms with E-state index in [2.05, 4.69) is 18.0 Å². The van der Waals surface area contributed by atoms with Crippen LogP contribution < -0.4 is 5.32 Å². The normalized spacial score (nSPS) is 10.2. The van der Waals surface area contributed by atoms with Crippen molar-refractivity contribution >= 4 is 17.4 Å². The molecule has 20 heavy (non-hydrogen) atoms. The van der Waals surface area contributed by atoms with Gasteiger partial charge < -0.3 is 15.5 Å². The van der Waals surface area contributed by atoms with E-state index in [1.807, 2.05) is 24.3 Å². The molecule has 0 saturated carbocycles. The molecule has 4 heteroatoms. The fourth-order valence-corrected chi connectivity index (χ4v) is 2.53. The zero-order valence-electron chi connectivity index (χ0n) is 11.0. The van der Waals surface area contributed by atoms with E-state index in [1.54, 1.807) is 23.9 Å². The standard InChI is InChI=1S/C16H17NO2S/c1-2-9-20-16-6-4-3-5-13(16)17-11-12-7-8-14(18)15(19)10-12/h2-8,10,17-19H,1,9,11H2. The predicted molar refractivity (Wildman–Crippen MR) is 84.5 cm³/mol. The Morgan fingerprint density at radius 1 is 1.10 bits per heavy atom. The van der Waals surface area contributed by atoms with Gasteiger partial charge in [0.2, 0.25) is 0 Å². The van der Waals surface area contributed by atoms with Crippen LogP contribution in [0.2, 0.25) is 0 Å². The second-order valence-corrected chi connectivity index (χ2v) is 5.33. The minimum absolute atomic E-state index is 0.0985. The Morgan fingerprint density at radius 3 is 2.65 bits per heavy atom. The van der Waals surface area contributed by atoms with Crippen molar-refractivity contribution in [1.29, 1.82) is 0 Å². The highest BCUT2D eigenvalue weighted by molar-refractivity contribution is 7.99. The number of hydrogen-bond donors (Lipinski definition) is 3. The second kappa shape index (κ2) is 6.91. The quantitative estimate of drug-likeness (QED) is 0.427. The van der Waals surface area contributed by atoms with Crippen molar-refractivity contribution in [1.82, 2.24) is 0 Å². The monoisotopic (exact) mass is 287 g/mol. The number of hydrogen-bond acceptors (Lipinski definition) is 4. The van der Waals surface area contributed by atoms with Crippen molar-refractivity contribution in [2.24, 2.45) is 0 Å². The first-order valence-electron chi connectivity index (χ1n) is 6.28. The lowest BCUT2D eigenvalue weighted by Gasteiger charge is -2.11. The summed E-state index contributed by atoms with van der Waals surface area (Å²) in [4.78, 5) is 1.16. The van der Waals surface area contributed by atoms with Crippen molar-refractivity contribution in [3.05, 3.63) is 60.7 Å². The van der Waals surface area contributed by atoms with Crippen molar-refractivity contribution < 1.29 is 10.2 Å². The van der Waals surface area contributed by atoms with Crippen molar-refractivity contribution in [2.75, 3.05) is 11.1 Å². The van der Waals surface area contributed by atoms with Gasteiger partial charge in [-0.25, -0.2) is 0 Å². The molecule has 0 aliphatic rings. The van der Waals surface area contributed by atoms with Gasteiger partial charge in [0.15, 0.2) is 11.5 Å². The molecule has 0 spiro atoms. The third kappa shape index (κ3) is 3.71. The molecule has 2 aromatic rings. The lowest BCUT2D eigenvalue weighted by Crippen LogP contribution is -2.00. The highest BCUT2D eigenvalue weighted by Crippen LogP contribution is 2.28. The largest absolute Gasteiger partial charge is 0.504 e. The maximum absolute atomic E-state index is 9.48. The summed E-state index contributed by atoms with van der Waals surface area (Å²) in [5, 5.41) is 22.1. The van der Waals surface area contributed by atoms with E-state index in [1.165, 1.54) is 6.07 Å². The summed E-state index contributed by atoms with van der Waals surface area (Å²) in [5.41, 5.74) is 1.95. The fraction of sp³-hybridized carbons (Fsp3) is 0.125. The van der Waals surface area contributed by atoms with E-state index in [0.29, 0.717) is 6.54 Å². The Hall–Kier alpha value is -2.07. The molecule has 0 fully saturated rings. The van der Waals surface area contributed by atoms with Crippen molar-refractivity contribution in [3.8, 4) is 11.5 Å². The molecule has 0 unspecified atom stereocenters. The molecule has 3 N–H and O–H groups in total. The Balaban J connectivity index is 2.06. The average Bonchev–Trinajstić information content (AvgIpc) is 2.47. The lowest BCUT2D eigenvalue weighted by molar-refractivity contribution is 0.403. The van der Waals surface area contributed by atoms with E-state index in [4.69, 9.17) is 0 Å². The van der Waals surface area contributed by atoms with Crippen LogP contribution in [0.4, 0.5) is 5.69 Å². The zero-order valence-corrected chi connectivity index (χ0v) is 11.9. The van der Waals surface area contributed by atoms with Crippen LogP contribution in [0.15, 0.2) is 60.0 Å². The molecule has 0 aromatic heterocycles. The van der Waals surface area contributed by atoms with Crippen LogP contribution in [0.5, 0.6) is 11.5 Å². The van der Waals surface area contributed by atoms with Gasteiger partial charge in [0.1, 0.15) is 0 Å². The number of thioether (sulfide) groups is 1. The van der Waals surface area contributed by atoms with Crippen LogP contribution >= 0.6 is 11.8 Å². The Kier molecular flexibility index (Phi) is 4.96. The molecule has 0 atom stereocenters. The summed E-state index contributed by atoms with van der Waals surface area (Å²) >= 11 is 1.72. The summed E-state index contributed by atoms with van der Waals surface area (Å²) in [6, 6.07) is 12.9. The third-order valence-electron chi connectivity index (χ3n) is 2.77. The third-order valence-corrected chi connectivity index (χ3v) is 3.84. The smallest absolute Gasteiger partial charge is 0.157 e. The summed E-state index contributed by atoms with van der Waals surface area (Å²) < 4.78 is 0. The molecule has 0 saturated heterocycles. The predicted octanol–water partition coefficient (Wildman–Crippen LogP) is 3.99. The summed E-state index contributed by atoms with van der Waals surface area (Å²) in [7, 11) is 0. The van der Waals surface area contributed by atoms with Crippen LogP contribution in [0.25, 0.3) is 0 Å². The number of anilines is 1. The number of phenolic OH excluding ortho intramolecular Hbond substituents is 2. The Bertz CT molecular complexity index is 599. The Labute approximate surface area is 123 Å². The number of nitrogens with one attached hydrogen (secondary N) is 1. The molecular weight excluding hydrogens is 270 g/mol. The topological polar surface area (TPSA) is 52.5 Å². The molecule has 0 aliphatic carbocycles. The maximum atomic E-state index is 9.48. The molecule has 2 aromatic carbocycles. The lowest BCUT2D eigenvalue weighted by atomic mass is 10.2. The Morgan fingerprint density at radius 2 is 1.90 bits per heavy atom. The van der Waals surface area contributed by atoms with E-state index in [-0.39, 0.29) is 11.5 Å². The van der Waals surface area contributed by atoms with Crippen LogP contribution in [0.1, 0.15) is 5.56 Å². The number of phenols is 2. The van der Waals surface area contributed by atoms with E-state index in [0.717, 1.165) is 21.9 Å². The minimum Gasteiger partial charge on any atom is -0.504 e. The van der Waals surface area contributed by atoms with Gasteiger partial charge >= 0.3 is 0 Å². The molecule has 0 aliphatic heterocycles. The molecule has 104 valence electrons. The first kappa shape index (κ1) is 14.3. The molecule has 2 rings (SSSR count).